The Kier molecular flexibility index (Phi) is 5.23. The zero-order valence-electron chi connectivity index (χ0n) is 23.1. The summed E-state index contributed by atoms with van der Waals surface area (Å²) >= 11 is 0. The van der Waals surface area contributed by atoms with Crippen LogP contribution in [0.4, 0.5) is 0 Å². The van der Waals surface area contributed by atoms with Crippen LogP contribution >= 0.6 is 0 Å². The fourth-order valence-corrected chi connectivity index (χ4v) is 6.57. The Balaban J connectivity index is 1.46. The van der Waals surface area contributed by atoms with Gasteiger partial charge in [-0.3, -0.25) is 0 Å². The summed E-state index contributed by atoms with van der Waals surface area (Å²) in [5.74, 6) is 1.60. The Hall–Kier alpha value is -5.02. The van der Waals surface area contributed by atoms with Crippen molar-refractivity contribution in [2.45, 2.75) is 25.4 Å². The molecule has 6 aromatic rings. The summed E-state index contributed by atoms with van der Waals surface area (Å²) in [6, 6.07) is 45.3. The molecule has 41 heavy (non-hydrogen) atoms. The second-order valence-corrected chi connectivity index (χ2v) is 11.5. The predicted molar refractivity (Wildman–Crippen MR) is 171 cm³/mol. The van der Waals surface area contributed by atoms with E-state index >= 15 is 0 Å². The number of aliphatic imine (C=N–C) groups is 2. The number of rotatable bonds is 3. The van der Waals surface area contributed by atoms with E-state index < -0.39 is 0 Å². The third-order valence-corrected chi connectivity index (χ3v) is 8.68. The molecule has 8 rings (SSSR count). The van der Waals surface area contributed by atoms with Gasteiger partial charge in [0.1, 0.15) is 12.0 Å². The van der Waals surface area contributed by atoms with Crippen molar-refractivity contribution in [3.8, 4) is 11.1 Å². The first-order valence-electron chi connectivity index (χ1n) is 14.2. The van der Waals surface area contributed by atoms with Gasteiger partial charge in [0, 0.05) is 16.5 Å². The molecule has 0 saturated carbocycles. The molecule has 1 heterocycles. The third-order valence-electron chi connectivity index (χ3n) is 8.68. The first-order chi connectivity index (χ1) is 20.1. The number of nitrogens with one attached hydrogen (secondary N) is 1. The first-order valence-corrected chi connectivity index (χ1v) is 14.2. The van der Waals surface area contributed by atoms with Crippen LogP contribution in [0.3, 0.4) is 0 Å². The fourth-order valence-electron chi connectivity index (χ4n) is 6.57. The molecule has 2 aliphatic rings. The topological polar surface area (TPSA) is 36.8 Å². The molecule has 0 amide bonds. The smallest absolute Gasteiger partial charge is 0.160 e. The molecule has 196 valence electrons. The maximum atomic E-state index is 5.33. The van der Waals surface area contributed by atoms with Crippen molar-refractivity contribution in [2.24, 2.45) is 9.98 Å². The van der Waals surface area contributed by atoms with Gasteiger partial charge in [-0.25, -0.2) is 9.98 Å². The molecule has 0 radical (unpaired) electrons. The number of amidine groups is 2. The van der Waals surface area contributed by atoms with Crippen molar-refractivity contribution in [1.29, 1.82) is 0 Å². The Morgan fingerprint density at radius 1 is 0.610 bits per heavy atom. The lowest BCUT2D eigenvalue weighted by atomic mass is 9.80. The summed E-state index contributed by atoms with van der Waals surface area (Å²) < 4.78 is 0. The van der Waals surface area contributed by atoms with Crippen LogP contribution in [0.1, 0.15) is 47.8 Å². The zero-order valence-corrected chi connectivity index (χ0v) is 23.1. The van der Waals surface area contributed by atoms with E-state index in [1.54, 1.807) is 0 Å². The second-order valence-electron chi connectivity index (χ2n) is 11.5. The molecular formula is C38H29N3. The van der Waals surface area contributed by atoms with Crippen molar-refractivity contribution in [3.63, 3.8) is 0 Å². The largest absolute Gasteiger partial charge is 0.344 e. The highest BCUT2D eigenvalue weighted by Gasteiger charge is 2.39. The quantitative estimate of drug-likeness (QED) is 0.245. The van der Waals surface area contributed by atoms with E-state index in [0.29, 0.717) is 0 Å². The Morgan fingerprint density at radius 3 is 1.98 bits per heavy atom. The number of hydrogen-bond donors (Lipinski definition) is 1. The van der Waals surface area contributed by atoms with E-state index in [0.717, 1.165) is 28.4 Å². The monoisotopic (exact) mass is 527 g/mol. The molecule has 1 aliphatic heterocycles. The minimum Gasteiger partial charge on any atom is -0.344 e. The van der Waals surface area contributed by atoms with E-state index in [9.17, 15) is 0 Å². The van der Waals surface area contributed by atoms with Crippen molar-refractivity contribution in [2.75, 3.05) is 0 Å². The molecular weight excluding hydrogens is 498 g/mol. The molecule has 0 saturated heterocycles. The van der Waals surface area contributed by atoms with Crippen molar-refractivity contribution < 1.29 is 0 Å². The Morgan fingerprint density at radius 2 is 1.22 bits per heavy atom. The van der Waals surface area contributed by atoms with Crippen LogP contribution in [0, 0.1) is 0 Å². The molecule has 0 spiro atoms. The van der Waals surface area contributed by atoms with Gasteiger partial charge in [-0.05, 0) is 67.6 Å². The molecule has 6 aromatic carbocycles. The fraction of sp³-hybridized carbons (Fsp3) is 0.105. The molecule has 3 heteroatoms. The van der Waals surface area contributed by atoms with Crippen LogP contribution in [-0.4, -0.2) is 11.7 Å². The molecule has 1 unspecified atom stereocenters. The van der Waals surface area contributed by atoms with Crippen LogP contribution in [0.25, 0.3) is 32.7 Å². The van der Waals surface area contributed by atoms with Crippen molar-refractivity contribution in [3.05, 3.63) is 155 Å². The van der Waals surface area contributed by atoms with Gasteiger partial charge >= 0.3 is 0 Å². The van der Waals surface area contributed by atoms with Crippen LogP contribution in [-0.2, 0) is 5.41 Å². The normalized spacial score (nSPS) is 17.0. The van der Waals surface area contributed by atoms with Gasteiger partial charge in [0.2, 0.25) is 0 Å². The molecule has 3 nitrogen and oxygen atoms in total. The van der Waals surface area contributed by atoms with Crippen molar-refractivity contribution in [1.82, 2.24) is 5.32 Å². The maximum absolute atomic E-state index is 5.33. The minimum atomic E-state index is -0.251. The van der Waals surface area contributed by atoms with Crippen molar-refractivity contribution >= 4 is 33.2 Å². The van der Waals surface area contributed by atoms with Gasteiger partial charge in [-0.1, -0.05) is 123 Å². The van der Waals surface area contributed by atoms with Crippen LogP contribution in [0.15, 0.2) is 137 Å². The van der Waals surface area contributed by atoms with Gasteiger partial charge in [0.15, 0.2) is 5.84 Å². The van der Waals surface area contributed by atoms with Gasteiger partial charge in [-0.2, -0.15) is 0 Å². The molecule has 0 aromatic heterocycles. The number of nitrogens with zero attached hydrogens (tertiary/aromatic N) is 2. The molecule has 1 atom stereocenters. The van der Waals surface area contributed by atoms with Gasteiger partial charge in [-0.15, -0.1) is 0 Å². The highest BCUT2D eigenvalue weighted by molar-refractivity contribution is 6.22. The van der Waals surface area contributed by atoms with E-state index in [1.165, 1.54) is 43.8 Å². The summed E-state index contributed by atoms with van der Waals surface area (Å²) in [7, 11) is 0. The Bertz CT molecular complexity index is 2040. The third kappa shape index (κ3) is 3.73. The minimum absolute atomic E-state index is 0.161. The van der Waals surface area contributed by atoms with E-state index in [4.69, 9.17) is 9.98 Å². The molecule has 0 fully saturated rings. The first kappa shape index (κ1) is 23.8. The van der Waals surface area contributed by atoms with Gasteiger partial charge in [0.05, 0.1) is 0 Å². The SMILES string of the molecule is CC1(C)c2cc3ccccc3cc2-c2c1cc1ccccc1c2C1=NC(c2ccccc2)NC(c2ccccc2)=N1. The summed E-state index contributed by atoms with van der Waals surface area (Å²) in [5.41, 5.74) is 8.30. The summed E-state index contributed by atoms with van der Waals surface area (Å²) in [4.78, 5) is 10.6. The molecule has 1 N–H and O–H groups in total. The van der Waals surface area contributed by atoms with E-state index in [1.807, 2.05) is 12.1 Å². The lowest BCUT2D eigenvalue weighted by Gasteiger charge is -2.26. The standard InChI is InChI=1S/C38H29N3/c1-38(2)31-22-27-18-10-9-17-26(27)21-30(31)33-32(38)23-28-19-11-12-20-29(28)34(33)37-40-35(24-13-5-3-6-14-24)39-36(41-37)25-15-7-4-8-16-25/h3-23,35H,1-2H3,(H,39,40,41). The second kappa shape index (κ2) is 9.00. The van der Waals surface area contributed by atoms with E-state index in [2.05, 4.69) is 134 Å². The van der Waals surface area contributed by atoms with Gasteiger partial charge < -0.3 is 5.32 Å². The van der Waals surface area contributed by atoms with Crippen LogP contribution < -0.4 is 5.32 Å². The number of fused-ring (bicyclic) bond motifs is 5. The average molecular weight is 528 g/mol. The predicted octanol–water partition coefficient (Wildman–Crippen LogP) is 8.79. The average Bonchev–Trinajstić information content (AvgIpc) is 3.24. The lowest BCUT2D eigenvalue weighted by Crippen LogP contribution is -2.33. The highest BCUT2D eigenvalue weighted by Crippen LogP contribution is 2.53. The van der Waals surface area contributed by atoms with Crippen LogP contribution in [0.2, 0.25) is 0 Å². The summed E-state index contributed by atoms with van der Waals surface area (Å²) in [5, 5.41) is 8.52. The van der Waals surface area contributed by atoms with Crippen LogP contribution in [0.5, 0.6) is 0 Å². The Labute approximate surface area is 239 Å². The number of benzene rings is 6. The number of hydrogen-bond acceptors (Lipinski definition) is 3. The van der Waals surface area contributed by atoms with E-state index in [-0.39, 0.29) is 11.6 Å². The highest BCUT2D eigenvalue weighted by atomic mass is 15.2. The summed E-state index contributed by atoms with van der Waals surface area (Å²) in [6.07, 6.45) is -0.251. The summed E-state index contributed by atoms with van der Waals surface area (Å²) in [6.45, 7) is 4.70. The van der Waals surface area contributed by atoms with Gasteiger partial charge in [0.25, 0.3) is 0 Å². The maximum Gasteiger partial charge on any atom is 0.160 e. The lowest BCUT2D eigenvalue weighted by molar-refractivity contribution is 0.661. The molecule has 1 aliphatic carbocycles. The zero-order chi connectivity index (χ0) is 27.6. The molecule has 0 bridgehead atoms.